The van der Waals surface area contributed by atoms with E-state index < -0.39 is 0 Å². The predicted molar refractivity (Wildman–Crippen MR) is 56.3 cm³/mol. The van der Waals surface area contributed by atoms with Crippen LogP contribution in [-0.2, 0) is 11.2 Å². The molecule has 0 aliphatic carbocycles. The molecule has 1 unspecified atom stereocenters. The first-order valence-corrected chi connectivity index (χ1v) is 4.75. The van der Waals surface area contributed by atoms with Crippen molar-refractivity contribution in [2.24, 2.45) is 5.73 Å². The zero-order chi connectivity index (χ0) is 10.4. The van der Waals surface area contributed by atoms with Crippen molar-refractivity contribution in [3.05, 3.63) is 29.8 Å². The molecule has 3 nitrogen and oxygen atoms in total. The van der Waals surface area contributed by atoms with E-state index in [1.54, 1.807) is 19.2 Å². The van der Waals surface area contributed by atoms with Gasteiger partial charge in [0.15, 0.2) is 0 Å². The van der Waals surface area contributed by atoms with Crippen LogP contribution in [0.3, 0.4) is 0 Å². The molecular formula is C11H17NO2. The predicted octanol–water partition coefficient (Wildman–Crippen LogP) is 1.30. The number of benzene rings is 1. The second-order valence-electron chi connectivity index (χ2n) is 3.42. The standard InChI is InChI=1S/C11H17NO2/c1-14-8-10(12)5-2-9-3-6-11(13)7-4-9/h3-4,6-7,10,13H,2,5,8,12H2,1H3. The highest BCUT2D eigenvalue weighted by atomic mass is 16.5. The number of hydrogen-bond donors (Lipinski definition) is 2. The molecule has 0 amide bonds. The van der Waals surface area contributed by atoms with Crippen LogP contribution in [-0.4, -0.2) is 24.9 Å². The number of aromatic hydroxyl groups is 1. The van der Waals surface area contributed by atoms with Gasteiger partial charge in [-0.15, -0.1) is 0 Å². The summed E-state index contributed by atoms with van der Waals surface area (Å²) in [6, 6.07) is 7.30. The number of rotatable bonds is 5. The van der Waals surface area contributed by atoms with E-state index in [2.05, 4.69) is 0 Å². The summed E-state index contributed by atoms with van der Waals surface area (Å²) in [6.07, 6.45) is 1.82. The molecule has 3 N–H and O–H groups in total. The largest absolute Gasteiger partial charge is 0.508 e. The van der Waals surface area contributed by atoms with Crippen LogP contribution in [0.2, 0.25) is 0 Å². The summed E-state index contributed by atoms with van der Waals surface area (Å²) in [5.41, 5.74) is 6.98. The van der Waals surface area contributed by atoms with Crippen molar-refractivity contribution in [2.45, 2.75) is 18.9 Å². The van der Waals surface area contributed by atoms with E-state index in [1.807, 2.05) is 12.1 Å². The molecule has 0 spiro atoms. The average molecular weight is 195 g/mol. The van der Waals surface area contributed by atoms with Crippen molar-refractivity contribution < 1.29 is 9.84 Å². The summed E-state index contributed by atoms with van der Waals surface area (Å²) in [4.78, 5) is 0. The van der Waals surface area contributed by atoms with Crippen molar-refractivity contribution in [2.75, 3.05) is 13.7 Å². The number of methoxy groups -OCH3 is 1. The Labute approximate surface area is 84.5 Å². The Bertz CT molecular complexity index is 258. The Morgan fingerprint density at radius 3 is 2.57 bits per heavy atom. The number of aryl methyl sites for hydroxylation is 1. The maximum atomic E-state index is 9.07. The van der Waals surface area contributed by atoms with Crippen LogP contribution in [0.5, 0.6) is 5.75 Å². The first-order valence-electron chi connectivity index (χ1n) is 4.75. The maximum absolute atomic E-state index is 9.07. The van der Waals surface area contributed by atoms with Crippen LogP contribution in [0.15, 0.2) is 24.3 Å². The summed E-state index contributed by atoms with van der Waals surface area (Å²) in [5, 5.41) is 9.07. The zero-order valence-corrected chi connectivity index (χ0v) is 8.44. The minimum Gasteiger partial charge on any atom is -0.508 e. The number of phenolic OH excluding ortho intramolecular Hbond substituents is 1. The molecule has 0 aromatic heterocycles. The van der Waals surface area contributed by atoms with Gasteiger partial charge in [-0.2, -0.15) is 0 Å². The van der Waals surface area contributed by atoms with Gasteiger partial charge in [0.05, 0.1) is 6.61 Å². The number of nitrogens with two attached hydrogens (primary N) is 1. The lowest BCUT2D eigenvalue weighted by molar-refractivity contribution is 0.177. The van der Waals surface area contributed by atoms with E-state index in [-0.39, 0.29) is 6.04 Å². The van der Waals surface area contributed by atoms with Gasteiger partial charge in [0.2, 0.25) is 0 Å². The van der Waals surface area contributed by atoms with E-state index in [4.69, 9.17) is 15.6 Å². The Kier molecular flexibility index (Phi) is 4.43. The van der Waals surface area contributed by atoms with Gasteiger partial charge < -0.3 is 15.6 Å². The smallest absolute Gasteiger partial charge is 0.115 e. The van der Waals surface area contributed by atoms with E-state index in [1.165, 1.54) is 5.56 Å². The molecule has 0 saturated heterocycles. The fourth-order valence-electron chi connectivity index (χ4n) is 1.31. The van der Waals surface area contributed by atoms with Crippen molar-refractivity contribution in [3.63, 3.8) is 0 Å². The molecule has 1 aromatic rings. The average Bonchev–Trinajstić information content (AvgIpc) is 2.17. The molecule has 1 atom stereocenters. The number of hydrogen-bond acceptors (Lipinski definition) is 3. The van der Waals surface area contributed by atoms with Crippen LogP contribution in [0, 0.1) is 0 Å². The van der Waals surface area contributed by atoms with E-state index in [0.717, 1.165) is 12.8 Å². The molecule has 0 bridgehead atoms. The molecule has 0 heterocycles. The quantitative estimate of drug-likeness (QED) is 0.744. The summed E-state index contributed by atoms with van der Waals surface area (Å²) < 4.78 is 4.95. The van der Waals surface area contributed by atoms with Crippen molar-refractivity contribution in [1.29, 1.82) is 0 Å². The monoisotopic (exact) mass is 195 g/mol. The second kappa shape index (κ2) is 5.62. The van der Waals surface area contributed by atoms with Gasteiger partial charge in [0.1, 0.15) is 5.75 Å². The van der Waals surface area contributed by atoms with Crippen LogP contribution in [0.25, 0.3) is 0 Å². The van der Waals surface area contributed by atoms with Crippen molar-refractivity contribution >= 4 is 0 Å². The lowest BCUT2D eigenvalue weighted by atomic mass is 10.1. The maximum Gasteiger partial charge on any atom is 0.115 e. The molecule has 14 heavy (non-hydrogen) atoms. The van der Waals surface area contributed by atoms with Gasteiger partial charge in [0, 0.05) is 13.2 Å². The number of ether oxygens (including phenoxy) is 1. The first kappa shape index (κ1) is 11.0. The first-order chi connectivity index (χ1) is 6.72. The third-order valence-electron chi connectivity index (χ3n) is 2.12. The summed E-state index contributed by atoms with van der Waals surface area (Å²) >= 11 is 0. The van der Waals surface area contributed by atoms with Crippen LogP contribution in [0.1, 0.15) is 12.0 Å². The molecule has 78 valence electrons. The summed E-state index contributed by atoms with van der Waals surface area (Å²) in [6.45, 7) is 0.595. The molecule has 0 fully saturated rings. The van der Waals surface area contributed by atoms with Gasteiger partial charge in [0.25, 0.3) is 0 Å². The van der Waals surface area contributed by atoms with Gasteiger partial charge in [-0.1, -0.05) is 12.1 Å². The summed E-state index contributed by atoms with van der Waals surface area (Å²) in [5.74, 6) is 0.301. The normalized spacial score (nSPS) is 12.7. The Morgan fingerprint density at radius 2 is 2.00 bits per heavy atom. The van der Waals surface area contributed by atoms with Gasteiger partial charge in [-0.25, -0.2) is 0 Å². The molecule has 3 heteroatoms. The molecule has 0 aliphatic rings. The SMILES string of the molecule is COCC(N)CCc1ccc(O)cc1. The molecule has 1 rings (SSSR count). The molecule has 0 saturated carbocycles. The zero-order valence-electron chi connectivity index (χ0n) is 8.44. The highest BCUT2D eigenvalue weighted by Crippen LogP contribution is 2.11. The van der Waals surface area contributed by atoms with E-state index in [0.29, 0.717) is 12.4 Å². The lowest BCUT2D eigenvalue weighted by Crippen LogP contribution is -2.25. The van der Waals surface area contributed by atoms with Crippen LogP contribution in [0.4, 0.5) is 0 Å². The highest BCUT2D eigenvalue weighted by Gasteiger charge is 2.02. The van der Waals surface area contributed by atoms with Gasteiger partial charge >= 0.3 is 0 Å². The molecule has 0 aliphatic heterocycles. The molecule has 0 radical (unpaired) electrons. The minimum atomic E-state index is 0.0915. The third kappa shape index (κ3) is 3.77. The van der Waals surface area contributed by atoms with Crippen molar-refractivity contribution in [3.8, 4) is 5.75 Å². The Hall–Kier alpha value is -1.06. The lowest BCUT2D eigenvalue weighted by Gasteiger charge is -2.09. The van der Waals surface area contributed by atoms with Crippen LogP contribution >= 0.6 is 0 Å². The van der Waals surface area contributed by atoms with Gasteiger partial charge in [-0.05, 0) is 30.5 Å². The minimum absolute atomic E-state index is 0.0915. The van der Waals surface area contributed by atoms with E-state index >= 15 is 0 Å². The fraction of sp³-hybridized carbons (Fsp3) is 0.455. The summed E-state index contributed by atoms with van der Waals surface area (Å²) in [7, 11) is 1.65. The highest BCUT2D eigenvalue weighted by molar-refractivity contribution is 5.25. The van der Waals surface area contributed by atoms with Crippen molar-refractivity contribution in [1.82, 2.24) is 0 Å². The Morgan fingerprint density at radius 1 is 1.36 bits per heavy atom. The number of phenols is 1. The topological polar surface area (TPSA) is 55.5 Å². The molecule has 1 aromatic carbocycles. The fourth-order valence-corrected chi connectivity index (χ4v) is 1.31. The molecular weight excluding hydrogens is 178 g/mol. The van der Waals surface area contributed by atoms with E-state index in [9.17, 15) is 0 Å². The Balaban J connectivity index is 2.34. The van der Waals surface area contributed by atoms with Crippen LogP contribution < -0.4 is 5.73 Å². The third-order valence-corrected chi connectivity index (χ3v) is 2.12. The van der Waals surface area contributed by atoms with Gasteiger partial charge in [-0.3, -0.25) is 0 Å². The second-order valence-corrected chi connectivity index (χ2v) is 3.42.